The molecular formula is C16H30N2. The van der Waals surface area contributed by atoms with Crippen LogP contribution in [-0.4, -0.2) is 31.6 Å². The van der Waals surface area contributed by atoms with Crippen LogP contribution in [0.5, 0.6) is 0 Å². The van der Waals surface area contributed by atoms with E-state index in [1.165, 1.54) is 51.6 Å². The molecule has 2 bridgehead atoms. The monoisotopic (exact) mass is 250 g/mol. The molecule has 3 aliphatic rings. The van der Waals surface area contributed by atoms with E-state index in [2.05, 4.69) is 11.9 Å². The summed E-state index contributed by atoms with van der Waals surface area (Å²) >= 11 is 0. The summed E-state index contributed by atoms with van der Waals surface area (Å²) in [6, 6.07) is 0. The first-order valence-corrected chi connectivity index (χ1v) is 8.15. The van der Waals surface area contributed by atoms with Gasteiger partial charge in [0.05, 0.1) is 0 Å². The molecule has 0 amide bonds. The Morgan fingerprint density at radius 3 is 2.39 bits per heavy atom. The fourth-order valence-corrected chi connectivity index (χ4v) is 5.14. The van der Waals surface area contributed by atoms with E-state index in [1.807, 2.05) is 0 Å². The van der Waals surface area contributed by atoms with Crippen LogP contribution in [0, 0.1) is 29.6 Å². The highest BCUT2D eigenvalue weighted by molar-refractivity contribution is 4.91. The quantitative estimate of drug-likeness (QED) is 0.813. The molecule has 18 heavy (non-hydrogen) atoms. The van der Waals surface area contributed by atoms with Gasteiger partial charge in [0.15, 0.2) is 0 Å². The molecule has 0 spiro atoms. The Bertz CT molecular complexity index is 270. The topological polar surface area (TPSA) is 29.3 Å². The predicted octanol–water partition coefficient (Wildman–Crippen LogP) is 2.73. The van der Waals surface area contributed by atoms with Crippen molar-refractivity contribution in [3.63, 3.8) is 0 Å². The van der Waals surface area contributed by atoms with Gasteiger partial charge < -0.3 is 10.6 Å². The fourth-order valence-electron chi connectivity index (χ4n) is 5.14. The summed E-state index contributed by atoms with van der Waals surface area (Å²) in [6.45, 7) is 3.57. The third kappa shape index (κ3) is 2.60. The molecule has 2 heteroatoms. The third-order valence-corrected chi connectivity index (χ3v) is 6.10. The molecule has 3 aliphatic carbocycles. The highest BCUT2D eigenvalue weighted by Gasteiger charge is 2.39. The molecule has 0 aliphatic heterocycles. The Morgan fingerprint density at radius 1 is 0.944 bits per heavy atom. The zero-order valence-corrected chi connectivity index (χ0v) is 12.0. The van der Waals surface area contributed by atoms with Gasteiger partial charge in [-0.25, -0.2) is 0 Å². The number of hydrogen-bond acceptors (Lipinski definition) is 2. The molecule has 0 aromatic heterocycles. The second kappa shape index (κ2) is 5.50. The van der Waals surface area contributed by atoms with Crippen LogP contribution in [0.1, 0.15) is 44.9 Å². The Morgan fingerprint density at radius 2 is 1.72 bits per heavy atom. The molecule has 3 saturated carbocycles. The van der Waals surface area contributed by atoms with Gasteiger partial charge in [0.1, 0.15) is 0 Å². The molecule has 0 saturated heterocycles. The first kappa shape index (κ1) is 12.9. The first-order chi connectivity index (χ1) is 8.76. The van der Waals surface area contributed by atoms with Gasteiger partial charge in [-0.1, -0.05) is 12.8 Å². The summed E-state index contributed by atoms with van der Waals surface area (Å²) in [5.41, 5.74) is 5.89. The molecule has 5 atom stereocenters. The minimum Gasteiger partial charge on any atom is -0.330 e. The van der Waals surface area contributed by atoms with Crippen LogP contribution in [0.4, 0.5) is 0 Å². The summed E-state index contributed by atoms with van der Waals surface area (Å²) in [5, 5.41) is 0. The van der Waals surface area contributed by atoms with Gasteiger partial charge in [0, 0.05) is 13.1 Å². The highest BCUT2D eigenvalue weighted by atomic mass is 15.1. The van der Waals surface area contributed by atoms with Crippen LogP contribution >= 0.6 is 0 Å². The molecule has 2 nitrogen and oxygen atoms in total. The van der Waals surface area contributed by atoms with Crippen LogP contribution in [0.15, 0.2) is 0 Å². The minimum atomic E-state index is 0.812. The summed E-state index contributed by atoms with van der Waals surface area (Å²) < 4.78 is 0. The van der Waals surface area contributed by atoms with Crippen molar-refractivity contribution in [3.05, 3.63) is 0 Å². The van der Waals surface area contributed by atoms with E-state index in [0.29, 0.717) is 0 Å². The molecule has 3 rings (SSSR count). The van der Waals surface area contributed by atoms with Crippen molar-refractivity contribution < 1.29 is 0 Å². The molecule has 0 aromatic rings. The third-order valence-electron chi connectivity index (χ3n) is 6.10. The lowest BCUT2D eigenvalue weighted by molar-refractivity contribution is 0.183. The normalized spacial score (nSPS) is 43.2. The van der Waals surface area contributed by atoms with E-state index in [9.17, 15) is 0 Å². The average Bonchev–Trinajstić information content (AvgIpc) is 3.04. The average molecular weight is 250 g/mol. The van der Waals surface area contributed by atoms with Gasteiger partial charge in [0.2, 0.25) is 0 Å². The molecule has 0 radical (unpaired) electrons. The molecule has 104 valence electrons. The molecule has 2 N–H and O–H groups in total. The summed E-state index contributed by atoms with van der Waals surface area (Å²) in [4.78, 5) is 2.63. The zero-order valence-electron chi connectivity index (χ0n) is 12.0. The van der Waals surface area contributed by atoms with Gasteiger partial charge in [-0.2, -0.15) is 0 Å². The summed E-state index contributed by atoms with van der Waals surface area (Å²) in [7, 11) is 2.35. The maximum Gasteiger partial charge on any atom is 0.000985 e. The van der Waals surface area contributed by atoms with E-state index in [-0.39, 0.29) is 0 Å². The maximum absolute atomic E-state index is 5.89. The number of hydrogen-bond donors (Lipinski definition) is 1. The first-order valence-electron chi connectivity index (χ1n) is 8.15. The van der Waals surface area contributed by atoms with Crippen molar-refractivity contribution in [2.75, 3.05) is 26.7 Å². The van der Waals surface area contributed by atoms with Gasteiger partial charge in [0.25, 0.3) is 0 Å². The van der Waals surface area contributed by atoms with Gasteiger partial charge in [-0.15, -0.1) is 0 Å². The van der Waals surface area contributed by atoms with Gasteiger partial charge in [-0.05, 0) is 75.3 Å². The van der Waals surface area contributed by atoms with Crippen molar-refractivity contribution in [2.24, 2.45) is 35.3 Å². The number of rotatable bonds is 5. The maximum atomic E-state index is 5.89. The Balaban J connectivity index is 1.45. The van der Waals surface area contributed by atoms with Crippen molar-refractivity contribution >= 4 is 0 Å². The smallest absolute Gasteiger partial charge is 0.000985 e. The molecule has 3 fully saturated rings. The lowest BCUT2D eigenvalue weighted by atomic mass is 9.88. The zero-order chi connectivity index (χ0) is 12.5. The van der Waals surface area contributed by atoms with Crippen LogP contribution in [0.25, 0.3) is 0 Å². The predicted molar refractivity (Wildman–Crippen MR) is 76.3 cm³/mol. The van der Waals surface area contributed by atoms with Crippen molar-refractivity contribution in [3.8, 4) is 0 Å². The highest BCUT2D eigenvalue weighted by Crippen LogP contribution is 2.48. The van der Waals surface area contributed by atoms with E-state index < -0.39 is 0 Å². The molecule has 0 aromatic carbocycles. The van der Waals surface area contributed by atoms with E-state index in [1.54, 1.807) is 6.42 Å². The summed E-state index contributed by atoms with van der Waals surface area (Å²) in [6.07, 6.45) is 10.3. The van der Waals surface area contributed by atoms with Crippen LogP contribution in [0.3, 0.4) is 0 Å². The fraction of sp³-hybridized carbons (Fsp3) is 1.00. The minimum absolute atomic E-state index is 0.812. The Hall–Kier alpha value is -0.0800. The van der Waals surface area contributed by atoms with Gasteiger partial charge in [-0.3, -0.25) is 0 Å². The number of nitrogens with two attached hydrogens (primary N) is 1. The largest absolute Gasteiger partial charge is 0.330 e. The number of fused-ring (bicyclic) bond motifs is 2. The second-order valence-electron chi connectivity index (χ2n) is 7.34. The second-order valence-corrected chi connectivity index (χ2v) is 7.34. The lowest BCUT2D eigenvalue weighted by Gasteiger charge is -2.30. The van der Waals surface area contributed by atoms with E-state index in [0.717, 1.165) is 36.1 Å². The van der Waals surface area contributed by atoms with Crippen molar-refractivity contribution in [1.82, 2.24) is 4.90 Å². The van der Waals surface area contributed by atoms with Crippen molar-refractivity contribution in [1.29, 1.82) is 0 Å². The van der Waals surface area contributed by atoms with Crippen LogP contribution in [0.2, 0.25) is 0 Å². The van der Waals surface area contributed by atoms with Crippen molar-refractivity contribution in [2.45, 2.75) is 44.9 Å². The number of nitrogens with zero attached hydrogens (tertiary/aromatic N) is 1. The molecule has 0 heterocycles. The summed E-state index contributed by atoms with van der Waals surface area (Å²) in [5.74, 6) is 4.89. The van der Waals surface area contributed by atoms with E-state index in [4.69, 9.17) is 5.73 Å². The Kier molecular flexibility index (Phi) is 3.95. The Labute approximate surface area is 112 Å². The standard InChI is InChI=1S/C16H30N2/c1-18(10-15-4-2-3-14(15)9-17)11-16-8-12-5-6-13(16)7-12/h12-16H,2-11,17H2,1H3. The SMILES string of the molecule is CN(CC1CCCC1CN)CC1CC2CCC1C2. The van der Waals surface area contributed by atoms with Crippen LogP contribution in [-0.2, 0) is 0 Å². The molecule has 5 unspecified atom stereocenters. The lowest BCUT2D eigenvalue weighted by Crippen LogP contribution is -2.35. The van der Waals surface area contributed by atoms with Crippen LogP contribution < -0.4 is 5.73 Å². The van der Waals surface area contributed by atoms with E-state index >= 15 is 0 Å². The van der Waals surface area contributed by atoms with Gasteiger partial charge >= 0.3 is 0 Å². The molecular weight excluding hydrogens is 220 g/mol.